The lowest BCUT2D eigenvalue weighted by Crippen LogP contribution is -2.51. The Hall–Kier alpha value is -1.59. The number of hydrogen-bond acceptors (Lipinski definition) is 4. The minimum absolute atomic E-state index is 0.0602. The number of ether oxygens (including phenoxy) is 1. The zero-order chi connectivity index (χ0) is 14.4. The molecule has 0 spiro atoms. The van der Waals surface area contributed by atoms with Crippen molar-refractivity contribution in [2.45, 2.75) is 19.5 Å². The Morgan fingerprint density at radius 1 is 1.50 bits per heavy atom. The van der Waals surface area contributed by atoms with Crippen LogP contribution in [0, 0.1) is 0 Å². The minimum atomic E-state index is 0.0602. The summed E-state index contributed by atoms with van der Waals surface area (Å²) in [6.45, 7) is 5.89. The summed E-state index contributed by atoms with van der Waals surface area (Å²) in [5, 5.41) is 6.32. The Labute approximate surface area is 120 Å². The van der Waals surface area contributed by atoms with Gasteiger partial charge in [-0.25, -0.2) is 0 Å². The van der Waals surface area contributed by atoms with Gasteiger partial charge in [0.2, 0.25) is 5.91 Å². The molecule has 5 heteroatoms. The topological polar surface area (TPSA) is 53.6 Å². The molecule has 0 aromatic heterocycles. The molecule has 1 amide bonds. The number of nitrogens with zero attached hydrogens (tertiary/aromatic N) is 1. The highest BCUT2D eigenvalue weighted by molar-refractivity contribution is 5.78. The number of nitrogens with one attached hydrogen (secondary N) is 2. The lowest BCUT2D eigenvalue weighted by molar-refractivity contribution is -0.122. The van der Waals surface area contributed by atoms with E-state index in [0.717, 1.165) is 30.9 Å². The fraction of sp³-hybridized carbons (Fsp3) is 0.533. The molecule has 20 heavy (non-hydrogen) atoms. The molecule has 0 aliphatic carbocycles. The van der Waals surface area contributed by atoms with E-state index in [2.05, 4.69) is 22.5 Å². The van der Waals surface area contributed by atoms with E-state index in [1.54, 1.807) is 7.11 Å². The maximum Gasteiger partial charge on any atom is 0.234 e. The molecule has 0 saturated carbocycles. The number of piperazine rings is 1. The molecular weight excluding hydrogens is 254 g/mol. The third kappa shape index (κ3) is 4.21. The monoisotopic (exact) mass is 277 g/mol. The number of rotatable bonds is 5. The molecule has 2 rings (SSSR count). The second-order valence-electron chi connectivity index (χ2n) is 5.18. The number of para-hydroxylation sites is 1. The average Bonchev–Trinajstić information content (AvgIpc) is 2.45. The first kappa shape index (κ1) is 14.8. The van der Waals surface area contributed by atoms with Crippen molar-refractivity contribution in [3.63, 3.8) is 0 Å². The van der Waals surface area contributed by atoms with Gasteiger partial charge in [0, 0.05) is 37.8 Å². The van der Waals surface area contributed by atoms with Gasteiger partial charge in [-0.1, -0.05) is 18.2 Å². The van der Waals surface area contributed by atoms with Gasteiger partial charge >= 0.3 is 0 Å². The standard InChI is InChI=1S/C15H23N3O2/c1-12-10-18(8-7-16-12)11-15(19)17-9-13-5-3-4-6-14(13)20-2/h3-6,12,16H,7-11H2,1-2H3,(H,17,19)/t12-/m0/s1. The summed E-state index contributed by atoms with van der Waals surface area (Å²) in [4.78, 5) is 14.2. The van der Waals surface area contributed by atoms with E-state index in [1.807, 2.05) is 24.3 Å². The Morgan fingerprint density at radius 2 is 2.30 bits per heavy atom. The molecule has 5 nitrogen and oxygen atoms in total. The van der Waals surface area contributed by atoms with E-state index in [9.17, 15) is 4.79 Å². The molecule has 1 heterocycles. The lowest BCUT2D eigenvalue weighted by atomic mass is 10.2. The van der Waals surface area contributed by atoms with Crippen LogP contribution in [0.15, 0.2) is 24.3 Å². The summed E-state index contributed by atoms with van der Waals surface area (Å²) in [7, 11) is 1.64. The average molecular weight is 277 g/mol. The lowest BCUT2D eigenvalue weighted by Gasteiger charge is -2.31. The highest BCUT2D eigenvalue weighted by Crippen LogP contribution is 2.16. The maximum absolute atomic E-state index is 12.0. The van der Waals surface area contributed by atoms with Crippen LogP contribution < -0.4 is 15.4 Å². The van der Waals surface area contributed by atoms with E-state index in [-0.39, 0.29) is 5.91 Å². The first-order valence-corrected chi connectivity index (χ1v) is 7.03. The van der Waals surface area contributed by atoms with Gasteiger partial charge < -0.3 is 15.4 Å². The summed E-state index contributed by atoms with van der Waals surface area (Å²) >= 11 is 0. The van der Waals surface area contributed by atoms with Crippen molar-refractivity contribution in [2.24, 2.45) is 0 Å². The van der Waals surface area contributed by atoms with Crippen LogP contribution in [0.5, 0.6) is 5.75 Å². The van der Waals surface area contributed by atoms with Crippen LogP contribution >= 0.6 is 0 Å². The van der Waals surface area contributed by atoms with Crippen molar-refractivity contribution in [3.05, 3.63) is 29.8 Å². The van der Waals surface area contributed by atoms with Gasteiger partial charge in [-0.3, -0.25) is 9.69 Å². The van der Waals surface area contributed by atoms with Gasteiger partial charge in [-0.05, 0) is 13.0 Å². The van der Waals surface area contributed by atoms with Gasteiger partial charge in [0.1, 0.15) is 5.75 Å². The van der Waals surface area contributed by atoms with Gasteiger partial charge in [-0.15, -0.1) is 0 Å². The first-order chi connectivity index (χ1) is 9.69. The fourth-order valence-electron chi connectivity index (χ4n) is 2.46. The number of methoxy groups -OCH3 is 1. The molecule has 1 aromatic rings. The quantitative estimate of drug-likeness (QED) is 0.828. The molecular formula is C15H23N3O2. The second-order valence-corrected chi connectivity index (χ2v) is 5.18. The van der Waals surface area contributed by atoms with E-state index < -0.39 is 0 Å². The number of amides is 1. The summed E-state index contributed by atoms with van der Waals surface area (Å²) in [5.74, 6) is 0.869. The highest BCUT2D eigenvalue weighted by Gasteiger charge is 2.17. The van der Waals surface area contributed by atoms with Crippen LogP contribution in [0.25, 0.3) is 0 Å². The van der Waals surface area contributed by atoms with Crippen LogP contribution in [0.4, 0.5) is 0 Å². The predicted octanol–water partition coefficient (Wildman–Crippen LogP) is 0.605. The Bertz CT molecular complexity index is 450. The van der Waals surface area contributed by atoms with Crippen molar-refractivity contribution in [2.75, 3.05) is 33.3 Å². The van der Waals surface area contributed by atoms with Crippen molar-refractivity contribution < 1.29 is 9.53 Å². The Kier molecular flexibility index (Phi) is 5.38. The summed E-state index contributed by atoms with van der Waals surface area (Å²) in [6, 6.07) is 8.19. The predicted molar refractivity (Wildman–Crippen MR) is 78.7 cm³/mol. The van der Waals surface area contributed by atoms with E-state index in [0.29, 0.717) is 19.1 Å². The third-order valence-corrected chi connectivity index (χ3v) is 3.49. The van der Waals surface area contributed by atoms with Gasteiger partial charge in [-0.2, -0.15) is 0 Å². The number of hydrogen-bond donors (Lipinski definition) is 2. The summed E-state index contributed by atoms with van der Waals surface area (Å²) in [6.07, 6.45) is 0. The molecule has 0 unspecified atom stereocenters. The molecule has 0 bridgehead atoms. The Morgan fingerprint density at radius 3 is 3.05 bits per heavy atom. The van der Waals surface area contributed by atoms with Gasteiger partial charge in [0.25, 0.3) is 0 Å². The van der Waals surface area contributed by atoms with Gasteiger partial charge in [0.15, 0.2) is 0 Å². The molecule has 1 atom stereocenters. The van der Waals surface area contributed by atoms with Crippen molar-refractivity contribution in [1.82, 2.24) is 15.5 Å². The van der Waals surface area contributed by atoms with Crippen molar-refractivity contribution >= 4 is 5.91 Å². The van der Waals surface area contributed by atoms with Crippen LogP contribution in [-0.2, 0) is 11.3 Å². The molecule has 110 valence electrons. The molecule has 1 aliphatic heterocycles. The van der Waals surface area contributed by atoms with Crippen molar-refractivity contribution in [1.29, 1.82) is 0 Å². The van der Waals surface area contributed by atoms with Crippen molar-refractivity contribution in [3.8, 4) is 5.75 Å². The first-order valence-electron chi connectivity index (χ1n) is 7.03. The molecule has 1 fully saturated rings. The smallest absolute Gasteiger partial charge is 0.234 e. The second kappa shape index (κ2) is 7.26. The Balaban J connectivity index is 1.80. The molecule has 1 aromatic carbocycles. The molecule has 2 N–H and O–H groups in total. The highest BCUT2D eigenvalue weighted by atomic mass is 16.5. The third-order valence-electron chi connectivity index (χ3n) is 3.49. The van der Waals surface area contributed by atoms with Crippen LogP contribution in [0.1, 0.15) is 12.5 Å². The SMILES string of the molecule is COc1ccccc1CNC(=O)CN1CCN[C@@H](C)C1. The zero-order valence-electron chi connectivity index (χ0n) is 12.2. The molecule has 1 saturated heterocycles. The van der Waals surface area contributed by atoms with Crippen LogP contribution in [0.3, 0.4) is 0 Å². The molecule has 1 aliphatic rings. The van der Waals surface area contributed by atoms with Gasteiger partial charge in [0.05, 0.1) is 13.7 Å². The van der Waals surface area contributed by atoms with Crippen LogP contribution in [-0.4, -0.2) is 50.1 Å². The fourth-order valence-corrected chi connectivity index (χ4v) is 2.46. The number of benzene rings is 1. The minimum Gasteiger partial charge on any atom is -0.496 e. The number of carbonyl (C=O) groups excluding carboxylic acids is 1. The van der Waals surface area contributed by atoms with E-state index in [4.69, 9.17) is 4.74 Å². The number of carbonyl (C=O) groups is 1. The summed E-state index contributed by atoms with van der Waals surface area (Å²) in [5.41, 5.74) is 0.997. The summed E-state index contributed by atoms with van der Waals surface area (Å²) < 4.78 is 5.27. The normalized spacial score (nSPS) is 19.6. The zero-order valence-corrected chi connectivity index (χ0v) is 12.2. The largest absolute Gasteiger partial charge is 0.496 e. The van der Waals surface area contributed by atoms with Crippen LogP contribution in [0.2, 0.25) is 0 Å². The van der Waals surface area contributed by atoms with E-state index in [1.165, 1.54) is 0 Å². The van der Waals surface area contributed by atoms with E-state index >= 15 is 0 Å². The maximum atomic E-state index is 12.0. The molecule has 0 radical (unpaired) electrons.